The Bertz CT molecular complexity index is 611. The maximum absolute atomic E-state index is 11.8. The van der Waals surface area contributed by atoms with E-state index in [1.165, 1.54) is 15.4 Å². The molecule has 0 fully saturated rings. The van der Waals surface area contributed by atoms with Crippen molar-refractivity contribution in [2.24, 2.45) is 0 Å². The summed E-state index contributed by atoms with van der Waals surface area (Å²) in [6.45, 7) is 0.711. The van der Waals surface area contributed by atoms with Crippen molar-refractivity contribution in [2.75, 3.05) is 25.7 Å². The normalized spacial score (nSPS) is 10.2. The van der Waals surface area contributed by atoms with E-state index in [1.54, 1.807) is 38.1 Å². The van der Waals surface area contributed by atoms with Gasteiger partial charge in [0.25, 0.3) is 5.91 Å². The first-order valence-electron chi connectivity index (χ1n) is 6.64. The number of carbonyl (C=O) groups excluding carboxylic acids is 1. The van der Waals surface area contributed by atoms with Crippen LogP contribution in [0.25, 0.3) is 0 Å². The number of hydrogen-bond donors (Lipinski definition) is 1. The van der Waals surface area contributed by atoms with Crippen molar-refractivity contribution in [1.82, 2.24) is 9.88 Å². The van der Waals surface area contributed by atoms with Crippen LogP contribution in [0.15, 0.2) is 47.5 Å². The van der Waals surface area contributed by atoms with Crippen LogP contribution in [0, 0.1) is 0 Å². The Labute approximate surface area is 129 Å². The van der Waals surface area contributed by atoms with Crippen molar-refractivity contribution in [3.05, 3.63) is 53.7 Å². The molecule has 1 aromatic heterocycles. The second-order valence-electron chi connectivity index (χ2n) is 4.84. The number of benzene rings is 1. The first-order chi connectivity index (χ1) is 10.1. The molecule has 2 rings (SSSR count). The standard InChI is InChI=1S/C16H19N3OS/c1-19(2)16(20)13-7-8-15(18-11-13)17-10-12-5-4-6-14(9-12)21-3/h4-9,11H,10H2,1-3H3,(H,17,18). The van der Waals surface area contributed by atoms with Crippen molar-refractivity contribution >= 4 is 23.5 Å². The molecule has 0 radical (unpaired) electrons. The summed E-state index contributed by atoms with van der Waals surface area (Å²) in [7, 11) is 3.46. The van der Waals surface area contributed by atoms with Crippen LogP contribution in [0.2, 0.25) is 0 Å². The van der Waals surface area contributed by atoms with Gasteiger partial charge in [-0.1, -0.05) is 12.1 Å². The summed E-state index contributed by atoms with van der Waals surface area (Å²) in [4.78, 5) is 18.8. The Hall–Kier alpha value is -2.01. The summed E-state index contributed by atoms with van der Waals surface area (Å²) in [6.07, 6.45) is 3.66. The average molecular weight is 301 g/mol. The molecule has 1 N–H and O–H groups in total. The van der Waals surface area contributed by atoms with Gasteiger partial charge in [0.1, 0.15) is 5.82 Å². The molecule has 0 saturated heterocycles. The third-order valence-corrected chi connectivity index (χ3v) is 3.75. The molecule has 0 spiro atoms. The first-order valence-corrected chi connectivity index (χ1v) is 7.87. The second kappa shape index (κ2) is 7.13. The maximum Gasteiger partial charge on any atom is 0.254 e. The second-order valence-corrected chi connectivity index (χ2v) is 5.72. The Balaban J connectivity index is 1.99. The Morgan fingerprint density at radius 1 is 1.29 bits per heavy atom. The number of rotatable bonds is 5. The molecule has 110 valence electrons. The summed E-state index contributed by atoms with van der Waals surface area (Å²) >= 11 is 1.73. The molecular formula is C16H19N3OS. The summed E-state index contributed by atoms with van der Waals surface area (Å²) in [5.41, 5.74) is 1.80. The van der Waals surface area contributed by atoms with Gasteiger partial charge in [-0.3, -0.25) is 4.79 Å². The maximum atomic E-state index is 11.8. The number of aromatic nitrogens is 1. The highest BCUT2D eigenvalue weighted by Crippen LogP contribution is 2.16. The van der Waals surface area contributed by atoms with Crippen LogP contribution in [0.4, 0.5) is 5.82 Å². The molecule has 0 aliphatic rings. The lowest BCUT2D eigenvalue weighted by molar-refractivity contribution is 0.0827. The lowest BCUT2D eigenvalue weighted by atomic mass is 10.2. The molecular weight excluding hydrogens is 282 g/mol. The topological polar surface area (TPSA) is 45.2 Å². The van der Waals surface area contributed by atoms with E-state index in [0.717, 1.165) is 5.82 Å². The minimum absolute atomic E-state index is 0.0401. The Morgan fingerprint density at radius 3 is 2.71 bits per heavy atom. The summed E-state index contributed by atoms with van der Waals surface area (Å²) in [6, 6.07) is 12.0. The fourth-order valence-corrected chi connectivity index (χ4v) is 2.34. The molecule has 0 bridgehead atoms. The van der Waals surface area contributed by atoms with E-state index in [2.05, 4.69) is 40.8 Å². The van der Waals surface area contributed by atoms with E-state index in [9.17, 15) is 4.79 Å². The highest BCUT2D eigenvalue weighted by Gasteiger charge is 2.07. The number of nitrogens with zero attached hydrogens (tertiary/aromatic N) is 2. The van der Waals surface area contributed by atoms with Gasteiger partial charge in [0.2, 0.25) is 0 Å². The van der Waals surface area contributed by atoms with Gasteiger partial charge in [-0.2, -0.15) is 0 Å². The van der Waals surface area contributed by atoms with Crippen LogP contribution in [0.5, 0.6) is 0 Å². The molecule has 21 heavy (non-hydrogen) atoms. The molecule has 5 heteroatoms. The van der Waals surface area contributed by atoms with Gasteiger partial charge < -0.3 is 10.2 Å². The van der Waals surface area contributed by atoms with E-state index in [4.69, 9.17) is 0 Å². The fraction of sp³-hybridized carbons (Fsp3) is 0.250. The van der Waals surface area contributed by atoms with Gasteiger partial charge in [-0.05, 0) is 36.1 Å². The van der Waals surface area contributed by atoms with Gasteiger partial charge in [0.05, 0.1) is 5.56 Å². The highest BCUT2D eigenvalue weighted by atomic mass is 32.2. The van der Waals surface area contributed by atoms with E-state index in [0.29, 0.717) is 12.1 Å². The van der Waals surface area contributed by atoms with Crippen LogP contribution in [0.3, 0.4) is 0 Å². The predicted molar refractivity (Wildman–Crippen MR) is 87.8 cm³/mol. The van der Waals surface area contributed by atoms with E-state index >= 15 is 0 Å². The smallest absolute Gasteiger partial charge is 0.254 e. The average Bonchev–Trinajstić information content (AvgIpc) is 2.53. The van der Waals surface area contributed by atoms with Gasteiger partial charge in [0, 0.05) is 31.7 Å². The molecule has 0 aliphatic carbocycles. The van der Waals surface area contributed by atoms with Crippen molar-refractivity contribution in [3.8, 4) is 0 Å². The lowest BCUT2D eigenvalue weighted by Crippen LogP contribution is -2.21. The quantitative estimate of drug-likeness (QED) is 0.862. The largest absolute Gasteiger partial charge is 0.366 e. The molecule has 4 nitrogen and oxygen atoms in total. The zero-order chi connectivity index (χ0) is 15.2. The summed E-state index contributed by atoms with van der Waals surface area (Å²) < 4.78 is 0. The van der Waals surface area contributed by atoms with Gasteiger partial charge in [-0.15, -0.1) is 11.8 Å². The Kier molecular flexibility index (Phi) is 5.22. The molecule has 1 aromatic carbocycles. The van der Waals surface area contributed by atoms with Crippen LogP contribution >= 0.6 is 11.8 Å². The zero-order valence-electron chi connectivity index (χ0n) is 12.5. The number of pyridine rings is 1. The van der Waals surface area contributed by atoms with E-state index in [-0.39, 0.29) is 5.91 Å². The van der Waals surface area contributed by atoms with Crippen molar-refractivity contribution in [2.45, 2.75) is 11.4 Å². The predicted octanol–water partition coefficient (Wildman–Crippen LogP) is 3.12. The van der Waals surface area contributed by atoms with Gasteiger partial charge in [-0.25, -0.2) is 4.98 Å². The molecule has 1 amide bonds. The highest BCUT2D eigenvalue weighted by molar-refractivity contribution is 7.98. The van der Waals surface area contributed by atoms with Crippen LogP contribution in [-0.4, -0.2) is 36.1 Å². The zero-order valence-corrected chi connectivity index (χ0v) is 13.3. The van der Waals surface area contributed by atoms with Crippen molar-refractivity contribution in [1.29, 1.82) is 0 Å². The lowest BCUT2D eigenvalue weighted by Gasteiger charge is -2.11. The molecule has 0 unspecified atom stereocenters. The fourth-order valence-electron chi connectivity index (χ4n) is 1.86. The van der Waals surface area contributed by atoms with Crippen LogP contribution in [-0.2, 0) is 6.54 Å². The number of anilines is 1. The van der Waals surface area contributed by atoms with Gasteiger partial charge in [0.15, 0.2) is 0 Å². The monoisotopic (exact) mass is 301 g/mol. The number of hydrogen-bond acceptors (Lipinski definition) is 4. The van der Waals surface area contributed by atoms with Crippen LogP contribution < -0.4 is 5.32 Å². The van der Waals surface area contributed by atoms with Gasteiger partial charge >= 0.3 is 0 Å². The third kappa shape index (κ3) is 4.23. The van der Waals surface area contributed by atoms with Crippen molar-refractivity contribution < 1.29 is 4.79 Å². The number of carbonyl (C=O) groups is 1. The molecule has 1 heterocycles. The minimum atomic E-state index is -0.0401. The molecule has 0 saturated carbocycles. The summed E-state index contributed by atoms with van der Waals surface area (Å²) in [5, 5.41) is 3.26. The van der Waals surface area contributed by atoms with E-state index in [1.807, 2.05) is 6.07 Å². The summed E-state index contributed by atoms with van der Waals surface area (Å²) in [5.74, 6) is 0.724. The molecule has 2 aromatic rings. The minimum Gasteiger partial charge on any atom is -0.366 e. The first kappa shape index (κ1) is 15.4. The Morgan fingerprint density at radius 2 is 2.10 bits per heavy atom. The number of nitrogens with one attached hydrogen (secondary N) is 1. The number of thioether (sulfide) groups is 1. The molecule has 0 atom stereocenters. The number of amides is 1. The SMILES string of the molecule is CSc1cccc(CNc2ccc(C(=O)N(C)C)cn2)c1. The third-order valence-electron chi connectivity index (χ3n) is 3.02. The van der Waals surface area contributed by atoms with E-state index < -0.39 is 0 Å². The van der Waals surface area contributed by atoms with Crippen molar-refractivity contribution in [3.63, 3.8) is 0 Å². The van der Waals surface area contributed by atoms with Crippen LogP contribution in [0.1, 0.15) is 15.9 Å². The molecule has 0 aliphatic heterocycles.